The number of nitrogens with zero attached hydrogens (tertiary/aromatic N) is 5. The summed E-state index contributed by atoms with van der Waals surface area (Å²) in [5.41, 5.74) is 3.06. The van der Waals surface area contributed by atoms with Crippen LogP contribution in [0.4, 0.5) is 11.4 Å². The number of aliphatic imine (C=N–C) groups is 1. The van der Waals surface area contributed by atoms with Crippen molar-refractivity contribution < 1.29 is 5.11 Å². The topological polar surface area (TPSA) is 95.1 Å². The third kappa shape index (κ3) is 4.19. The van der Waals surface area contributed by atoms with Crippen LogP contribution in [0.2, 0.25) is 0 Å². The molecule has 1 aliphatic heterocycles. The number of anilines is 2. The van der Waals surface area contributed by atoms with Gasteiger partial charge < -0.3 is 20.2 Å². The molecular weight excluding hydrogens is 440 g/mol. The minimum absolute atomic E-state index is 0.0659. The maximum atomic E-state index is 13.1. The van der Waals surface area contributed by atoms with E-state index in [0.717, 1.165) is 21.4 Å². The normalized spacial score (nSPS) is 16.2. The number of rotatable bonds is 5. The van der Waals surface area contributed by atoms with E-state index in [9.17, 15) is 14.7 Å². The minimum atomic E-state index is -0.995. The zero-order valence-electron chi connectivity index (χ0n) is 19.3. The number of aliphatic hydroxyl groups excluding tert-OH is 1. The van der Waals surface area contributed by atoms with E-state index in [1.165, 1.54) is 11.6 Å². The molecule has 0 bridgehead atoms. The largest absolute Gasteiger partial charge is 0.372 e. The van der Waals surface area contributed by atoms with Crippen molar-refractivity contribution in [3.8, 4) is 11.1 Å². The fourth-order valence-corrected chi connectivity index (χ4v) is 4.77. The predicted molar refractivity (Wildman–Crippen MR) is 133 cm³/mol. The monoisotopic (exact) mass is 468 g/mol. The Labute approximate surface area is 195 Å². The number of thiophene rings is 1. The number of aromatic nitrogens is 2. The van der Waals surface area contributed by atoms with E-state index in [0.29, 0.717) is 17.3 Å². The van der Waals surface area contributed by atoms with Gasteiger partial charge in [0.15, 0.2) is 0 Å². The average Bonchev–Trinajstić information content (AvgIpc) is 3.32. The van der Waals surface area contributed by atoms with Gasteiger partial charge in [0.25, 0.3) is 5.56 Å². The van der Waals surface area contributed by atoms with Crippen LogP contribution in [-0.4, -0.2) is 52.0 Å². The third-order valence-corrected chi connectivity index (χ3v) is 6.41. The molecule has 2 atom stereocenters. The van der Waals surface area contributed by atoms with Gasteiger partial charge in [0.2, 0.25) is 5.96 Å². The molecule has 9 nitrogen and oxygen atoms in total. The Kier molecular flexibility index (Phi) is 6.13. The summed E-state index contributed by atoms with van der Waals surface area (Å²) in [6.07, 6.45) is -0.995. The highest BCUT2D eigenvalue weighted by Crippen LogP contribution is 2.30. The highest BCUT2D eigenvalue weighted by atomic mass is 32.1. The van der Waals surface area contributed by atoms with Crippen LogP contribution >= 0.6 is 11.3 Å². The molecule has 2 N–H and O–H groups in total. The Bertz CT molecular complexity index is 1290. The summed E-state index contributed by atoms with van der Waals surface area (Å²) in [5.74, 6) is 0.541. The highest BCUT2D eigenvalue weighted by Gasteiger charge is 2.33. The summed E-state index contributed by atoms with van der Waals surface area (Å²) in [4.78, 5) is 33.8. The lowest BCUT2D eigenvalue weighted by Crippen LogP contribution is -2.53. The number of hydrogen-bond donors (Lipinski definition) is 2. The summed E-state index contributed by atoms with van der Waals surface area (Å²) in [6, 6.07) is 9.49. The first-order valence-corrected chi connectivity index (χ1v) is 11.5. The lowest BCUT2D eigenvalue weighted by atomic mass is 10.1. The summed E-state index contributed by atoms with van der Waals surface area (Å²) >= 11 is 1.64. The van der Waals surface area contributed by atoms with Gasteiger partial charge in [-0.25, -0.2) is 9.79 Å². The van der Waals surface area contributed by atoms with Gasteiger partial charge in [-0.05, 0) is 47.0 Å². The Balaban J connectivity index is 1.64. The van der Waals surface area contributed by atoms with E-state index in [1.54, 1.807) is 28.2 Å². The first kappa shape index (κ1) is 22.8. The molecule has 1 unspecified atom stereocenters. The third-order valence-electron chi connectivity index (χ3n) is 5.73. The number of guanidine groups is 1. The standard InChI is InChI=1S/C23H28N6O3S/c1-14-19-20(21(31)28(5)23(32)27(19)4)29(22(24-14)26(2)3)12-18(30)25-17-8-6-15(7-9-17)16-10-11-33-13-16/h6-11,13-14,18,25,30H,12H2,1-5H3/t14-,18?/m0/s1. The van der Waals surface area contributed by atoms with Crippen molar-refractivity contribution in [1.82, 2.24) is 14.0 Å². The lowest BCUT2D eigenvalue weighted by Gasteiger charge is -2.37. The first-order valence-electron chi connectivity index (χ1n) is 10.6. The lowest BCUT2D eigenvalue weighted by molar-refractivity contribution is 0.211. The van der Waals surface area contributed by atoms with Gasteiger partial charge >= 0.3 is 5.69 Å². The number of nitrogens with one attached hydrogen (secondary N) is 1. The Hall–Kier alpha value is -3.37. The van der Waals surface area contributed by atoms with Gasteiger partial charge in [0, 0.05) is 33.9 Å². The SMILES string of the molecule is C[C@@H]1N=C(N(C)C)N(CC(O)Nc2ccc(-c3ccsc3)cc2)c2c1n(C)c(=O)n(C)c2=O. The molecule has 0 fully saturated rings. The fraction of sp³-hybridized carbons (Fsp3) is 0.348. The van der Waals surface area contributed by atoms with Crippen molar-refractivity contribution in [3.05, 3.63) is 67.6 Å². The number of aliphatic hydroxyl groups is 1. The molecule has 33 heavy (non-hydrogen) atoms. The zero-order valence-corrected chi connectivity index (χ0v) is 20.1. The number of benzene rings is 1. The van der Waals surface area contributed by atoms with Crippen molar-refractivity contribution in [2.45, 2.75) is 19.2 Å². The maximum Gasteiger partial charge on any atom is 0.330 e. The van der Waals surface area contributed by atoms with Crippen molar-refractivity contribution in [2.75, 3.05) is 30.9 Å². The Morgan fingerprint density at radius 2 is 1.82 bits per heavy atom. The fourth-order valence-electron chi connectivity index (χ4n) is 4.11. The van der Waals surface area contributed by atoms with E-state index in [4.69, 9.17) is 4.99 Å². The van der Waals surface area contributed by atoms with Crippen LogP contribution in [0, 0.1) is 0 Å². The van der Waals surface area contributed by atoms with Crippen LogP contribution in [-0.2, 0) is 14.1 Å². The summed E-state index contributed by atoms with van der Waals surface area (Å²) < 4.78 is 2.54. The molecular formula is C23H28N6O3S. The summed E-state index contributed by atoms with van der Waals surface area (Å²) in [5, 5.41) is 18.1. The maximum absolute atomic E-state index is 13.1. The van der Waals surface area contributed by atoms with Gasteiger partial charge in [0.05, 0.1) is 18.3 Å². The van der Waals surface area contributed by atoms with E-state index in [-0.39, 0.29) is 12.6 Å². The molecule has 0 saturated heterocycles. The molecule has 0 saturated carbocycles. The van der Waals surface area contributed by atoms with Gasteiger partial charge in [-0.3, -0.25) is 13.9 Å². The molecule has 0 spiro atoms. The van der Waals surface area contributed by atoms with Crippen LogP contribution in [0.3, 0.4) is 0 Å². The molecule has 10 heteroatoms. The van der Waals surface area contributed by atoms with Gasteiger partial charge in [-0.1, -0.05) is 12.1 Å². The molecule has 1 aliphatic rings. The van der Waals surface area contributed by atoms with Crippen LogP contribution in [0.25, 0.3) is 11.1 Å². The Morgan fingerprint density at radius 3 is 2.42 bits per heavy atom. The zero-order chi connectivity index (χ0) is 23.9. The smallest absolute Gasteiger partial charge is 0.330 e. The van der Waals surface area contributed by atoms with E-state index in [2.05, 4.69) is 16.8 Å². The van der Waals surface area contributed by atoms with Crippen LogP contribution in [0.15, 0.2) is 55.7 Å². The number of β-amino-alcohol motifs (C(OH)–C–C–N with tert-alkyl or cyclic N) is 1. The average molecular weight is 469 g/mol. The number of hydrogen-bond acceptors (Lipinski definition) is 8. The van der Waals surface area contributed by atoms with E-state index in [1.807, 2.05) is 50.7 Å². The summed E-state index contributed by atoms with van der Waals surface area (Å²) in [6.45, 7) is 1.92. The highest BCUT2D eigenvalue weighted by molar-refractivity contribution is 7.08. The van der Waals surface area contributed by atoms with E-state index >= 15 is 0 Å². The van der Waals surface area contributed by atoms with Crippen LogP contribution < -0.4 is 21.5 Å². The molecule has 2 aromatic heterocycles. The van der Waals surface area contributed by atoms with Gasteiger partial charge in [-0.2, -0.15) is 11.3 Å². The molecule has 0 radical (unpaired) electrons. The quantitative estimate of drug-likeness (QED) is 0.557. The first-order chi connectivity index (χ1) is 15.7. The predicted octanol–water partition coefficient (Wildman–Crippen LogP) is 2.04. The number of fused-ring (bicyclic) bond motifs is 1. The van der Waals surface area contributed by atoms with Crippen molar-refractivity contribution >= 4 is 28.7 Å². The second-order valence-corrected chi connectivity index (χ2v) is 9.08. The van der Waals surface area contributed by atoms with Crippen molar-refractivity contribution in [1.29, 1.82) is 0 Å². The van der Waals surface area contributed by atoms with Crippen molar-refractivity contribution in [2.24, 2.45) is 19.1 Å². The van der Waals surface area contributed by atoms with Gasteiger partial charge in [0.1, 0.15) is 11.9 Å². The molecule has 1 aromatic carbocycles. The van der Waals surface area contributed by atoms with Crippen LogP contribution in [0.5, 0.6) is 0 Å². The second-order valence-electron chi connectivity index (χ2n) is 8.30. The van der Waals surface area contributed by atoms with Gasteiger partial charge in [-0.15, -0.1) is 0 Å². The molecule has 0 amide bonds. The molecule has 3 aromatic rings. The molecule has 174 valence electrons. The molecule has 4 rings (SSSR count). The summed E-state index contributed by atoms with van der Waals surface area (Å²) in [7, 11) is 6.76. The molecule has 0 aliphatic carbocycles. The minimum Gasteiger partial charge on any atom is -0.372 e. The second kappa shape index (κ2) is 8.87. The van der Waals surface area contributed by atoms with E-state index < -0.39 is 17.5 Å². The van der Waals surface area contributed by atoms with Crippen molar-refractivity contribution in [3.63, 3.8) is 0 Å². The van der Waals surface area contributed by atoms with Crippen LogP contribution in [0.1, 0.15) is 18.7 Å². The Morgan fingerprint density at radius 1 is 1.12 bits per heavy atom. The molecule has 3 heterocycles.